The van der Waals surface area contributed by atoms with Gasteiger partial charge in [-0.3, -0.25) is 4.98 Å². The zero-order valence-electron chi connectivity index (χ0n) is 14.1. The lowest BCUT2D eigenvalue weighted by molar-refractivity contribution is 0.223. The standard InChI is InChI=1S/C18H24ClN3O/c1-12(9-18(3,4)20)11-23-17-16(19)8-15(10-22-17)14-5-6-21-13(2)7-14/h5-8,10,12H,9,11,20H2,1-4H3/t12-/m0/s1. The molecule has 0 unspecified atom stereocenters. The fourth-order valence-electron chi connectivity index (χ4n) is 2.59. The van der Waals surface area contributed by atoms with Crippen LogP contribution in [0, 0.1) is 12.8 Å². The molecule has 1 atom stereocenters. The average Bonchev–Trinajstić information content (AvgIpc) is 2.44. The van der Waals surface area contributed by atoms with Crippen molar-refractivity contribution < 1.29 is 4.74 Å². The summed E-state index contributed by atoms with van der Waals surface area (Å²) in [6.07, 6.45) is 4.42. The molecule has 5 heteroatoms. The second-order valence-corrected chi connectivity index (χ2v) is 7.21. The summed E-state index contributed by atoms with van der Waals surface area (Å²) in [5.41, 5.74) is 8.77. The highest BCUT2D eigenvalue weighted by Gasteiger charge is 2.17. The summed E-state index contributed by atoms with van der Waals surface area (Å²) in [5.74, 6) is 0.790. The topological polar surface area (TPSA) is 61.0 Å². The number of aromatic nitrogens is 2. The number of nitrogens with zero attached hydrogens (tertiary/aromatic N) is 2. The second-order valence-electron chi connectivity index (χ2n) is 6.81. The molecule has 0 fully saturated rings. The molecule has 4 nitrogen and oxygen atoms in total. The largest absolute Gasteiger partial charge is 0.476 e. The maximum absolute atomic E-state index is 6.31. The molecule has 23 heavy (non-hydrogen) atoms. The van der Waals surface area contributed by atoms with Gasteiger partial charge in [-0.1, -0.05) is 18.5 Å². The summed E-state index contributed by atoms with van der Waals surface area (Å²) in [5, 5.41) is 0.510. The van der Waals surface area contributed by atoms with Crippen molar-refractivity contribution in [1.29, 1.82) is 0 Å². The van der Waals surface area contributed by atoms with E-state index in [0.29, 0.717) is 23.4 Å². The van der Waals surface area contributed by atoms with E-state index in [4.69, 9.17) is 22.1 Å². The average molecular weight is 334 g/mol. The van der Waals surface area contributed by atoms with Crippen LogP contribution in [0.4, 0.5) is 0 Å². The number of nitrogens with two attached hydrogens (primary N) is 1. The maximum Gasteiger partial charge on any atom is 0.232 e. The van der Waals surface area contributed by atoms with Gasteiger partial charge >= 0.3 is 0 Å². The Bertz CT molecular complexity index is 668. The molecule has 0 aliphatic heterocycles. The van der Waals surface area contributed by atoms with E-state index in [1.54, 1.807) is 12.4 Å². The summed E-state index contributed by atoms with van der Waals surface area (Å²) in [4.78, 5) is 8.54. The van der Waals surface area contributed by atoms with Crippen molar-refractivity contribution in [3.05, 3.63) is 41.3 Å². The van der Waals surface area contributed by atoms with Crippen LogP contribution in [-0.2, 0) is 0 Å². The summed E-state index contributed by atoms with van der Waals surface area (Å²) >= 11 is 6.31. The summed E-state index contributed by atoms with van der Waals surface area (Å²) in [6.45, 7) is 8.63. The highest BCUT2D eigenvalue weighted by molar-refractivity contribution is 6.32. The summed E-state index contributed by atoms with van der Waals surface area (Å²) in [6, 6.07) is 5.81. The quantitative estimate of drug-likeness (QED) is 0.858. The second kappa shape index (κ2) is 7.28. The number of ether oxygens (including phenoxy) is 1. The van der Waals surface area contributed by atoms with Crippen molar-refractivity contribution in [1.82, 2.24) is 9.97 Å². The lowest BCUT2D eigenvalue weighted by Crippen LogP contribution is -2.35. The van der Waals surface area contributed by atoms with Crippen molar-refractivity contribution in [2.45, 2.75) is 39.7 Å². The first-order chi connectivity index (χ1) is 10.7. The molecule has 124 valence electrons. The van der Waals surface area contributed by atoms with Gasteiger partial charge in [0.1, 0.15) is 5.02 Å². The third kappa shape index (κ3) is 5.48. The minimum atomic E-state index is -0.205. The lowest BCUT2D eigenvalue weighted by atomic mass is 9.93. The van der Waals surface area contributed by atoms with Gasteiger partial charge in [0.2, 0.25) is 5.88 Å². The Kier molecular flexibility index (Phi) is 5.60. The molecule has 0 spiro atoms. The molecule has 2 rings (SSSR count). The van der Waals surface area contributed by atoms with Gasteiger partial charge in [0.15, 0.2) is 0 Å². The molecular weight excluding hydrogens is 310 g/mol. The Morgan fingerprint density at radius 2 is 2.00 bits per heavy atom. The number of pyridine rings is 2. The molecule has 0 saturated carbocycles. The number of hydrogen-bond acceptors (Lipinski definition) is 4. The normalized spacial score (nSPS) is 13.0. The van der Waals surface area contributed by atoms with Crippen LogP contribution in [0.3, 0.4) is 0 Å². The number of hydrogen-bond donors (Lipinski definition) is 1. The number of rotatable bonds is 6. The van der Waals surface area contributed by atoms with E-state index in [2.05, 4.69) is 16.9 Å². The van der Waals surface area contributed by atoms with Crippen LogP contribution in [0.5, 0.6) is 5.88 Å². The van der Waals surface area contributed by atoms with Crippen LogP contribution in [0.2, 0.25) is 5.02 Å². The Balaban J connectivity index is 2.05. The van der Waals surface area contributed by atoms with Crippen LogP contribution in [0.25, 0.3) is 11.1 Å². The minimum Gasteiger partial charge on any atom is -0.476 e. The van der Waals surface area contributed by atoms with Crippen molar-refractivity contribution in [3.63, 3.8) is 0 Å². The van der Waals surface area contributed by atoms with Gasteiger partial charge in [0.05, 0.1) is 6.61 Å². The Morgan fingerprint density at radius 3 is 2.61 bits per heavy atom. The molecular formula is C18H24ClN3O. The molecule has 0 radical (unpaired) electrons. The van der Waals surface area contributed by atoms with E-state index in [9.17, 15) is 0 Å². The fraction of sp³-hybridized carbons (Fsp3) is 0.444. The van der Waals surface area contributed by atoms with E-state index < -0.39 is 0 Å². The first-order valence-electron chi connectivity index (χ1n) is 7.75. The third-order valence-corrected chi connectivity index (χ3v) is 3.69. The van der Waals surface area contributed by atoms with E-state index >= 15 is 0 Å². The van der Waals surface area contributed by atoms with E-state index in [1.807, 2.05) is 39.0 Å². The predicted octanol–water partition coefficient (Wildman–Crippen LogP) is 4.25. The van der Waals surface area contributed by atoms with Crippen LogP contribution in [-0.4, -0.2) is 22.1 Å². The molecule has 0 bridgehead atoms. The highest BCUT2D eigenvalue weighted by Crippen LogP contribution is 2.28. The van der Waals surface area contributed by atoms with E-state index in [-0.39, 0.29) is 5.54 Å². The molecule has 2 aromatic heterocycles. The molecule has 0 aromatic carbocycles. The van der Waals surface area contributed by atoms with E-state index in [1.165, 1.54) is 0 Å². The van der Waals surface area contributed by atoms with Gasteiger partial charge < -0.3 is 10.5 Å². The molecule has 2 heterocycles. The van der Waals surface area contributed by atoms with Gasteiger partial charge in [0.25, 0.3) is 0 Å². The Labute approximate surface area is 143 Å². The predicted molar refractivity (Wildman–Crippen MR) is 94.8 cm³/mol. The maximum atomic E-state index is 6.31. The number of halogens is 1. The smallest absolute Gasteiger partial charge is 0.232 e. The minimum absolute atomic E-state index is 0.205. The third-order valence-electron chi connectivity index (χ3n) is 3.42. The monoisotopic (exact) mass is 333 g/mol. The van der Waals surface area contributed by atoms with Gasteiger partial charge in [0, 0.05) is 29.2 Å². The summed E-state index contributed by atoms with van der Waals surface area (Å²) < 4.78 is 5.75. The zero-order valence-corrected chi connectivity index (χ0v) is 14.9. The van der Waals surface area contributed by atoms with Crippen molar-refractivity contribution in [3.8, 4) is 17.0 Å². The molecule has 2 aromatic rings. The van der Waals surface area contributed by atoms with Crippen molar-refractivity contribution in [2.24, 2.45) is 11.7 Å². The molecule has 0 amide bonds. The first-order valence-corrected chi connectivity index (χ1v) is 8.12. The molecule has 2 N–H and O–H groups in total. The molecule has 0 aliphatic carbocycles. The van der Waals surface area contributed by atoms with Crippen LogP contribution < -0.4 is 10.5 Å². The van der Waals surface area contributed by atoms with Crippen LogP contribution in [0.1, 0.15) is 32.9 Å². The lowest BCUT2D eigenvalue weighted by Gasteiger charge is -2.23. The van der Waals surface area contributed by atoms with Crippen LogP contribution in [0.15, 0.2) is 30.6 Å². The van der Waals surface area contributed by atoms with Crippen molar-refractivity contribution in [2.75, 3.05) is 6.61 Å². The van der Waals surface area contributed by atoms with Crippen LogP contribution >= 0.6 is 11.6 Å². The molecule has 0 aliphatic rings. The number of aryl methyl sites for hydroxylation is 1. The molecule has 0 saturated heterocycles. The SMILES string of the molecule is Cc1cc(-c2cnc(OC[C@@H](C)CC(C)(C)N)c(Cl)c2)ccn1. The van der Waals surface area contributed by atoms with E-state index in [0.717, 1.165) is 23.2 Å². The summed E-state index contributed by atoms with van der Waals surface area (Å²) in [7, 11) is 0. The highest BCUT2D eigenvalue weighted by atomic mass is 35.5. The Morgan fingerprint density at radius 1 is 1.26 bits per heavy atom. The van der Waals surface area contributed by atoms with Crippen molar-refractivity contribution >= 4 is 11.6 Å². The Hall–Kier alpha value is -1.65. The van der Waals surface area contributed by atoms with Gasteiger partial charge in [-0.05, 0) is 56.9 Å². The van der Waals surface area contributed by atoms with Gasteiger partial charge in [-0.2, -0.15) is 0 Å². The zero-order chi connectivity index (χ0) is 17.0. The van der Waals surface area contributed by atoms with Gasteiger partial charge in [-0.15, -0.1) is 0 Å². The first kappa shape index (κ1) is 17.7. The fourth-order valence-corrected chi connectivity index (χ4v) is 2.81. The van der Waals surface area contributed by atoms with Gasteiger partial charge in [-0.25, -0.2) is 4.98 Å².